The van der Waals surface area contributed by atoms with Crippen molar-refractivity contribution in [2.45, 2.75) is 25.8 Å². The fourth-order valence-electron chi connectivity index (χ4n) is 3.00. The molecule has 2 aromatic rings. The standard InChI is InChI=1S/C20H25N3O4.2ClH/c1-13-3-5-16(17(11-13)25-2)27-18-6-4-15(12-22-18)23-20(24)19(21)14-7-9-26-10-8-14;;/h3-6,11-12,14,19H,7-10,21H2,1-2H3,(H,23,24);2*1H. The number of carbonyl (C=O) groups excluding carboxylic acids is 1. The summed E-state index contributed by atoms with van der Waals surface area (Å²) < 4.78 is 16.4. The van der Waals surface area contributed by atoms with E-state index in [0.717, 1.165) is 18.4 Å². The molecule has 1 amide bonds. The first-order valence-electron chi connectivity index (χ1n) is 8.99. The summed E-state index contributed by atoms with van der Waals surface area (Å²) in [6.45, 7) is 3.29. The van der Waals surface area contributed by atoms with E-state index in [1.807, 2.05) is 25.1 Å². The van der Waals surface area contributed by atoms with Gasteiger partial charge in [-0.05, 0) is 49.4 Å². The number of hydrogen-bond acceptors (Lipinski definition) is 6. The molecule has 0 bridgehead atoms. The molecule has 0 spiro atoms. The van der Waals surface area contributed by atoms with Crippen LogP contribution in [0.5, 0.6) is 17.4 Å². The van der Waals surface area contributed by atoms with Crippen molar-refractivity contribution < 1.29 is 19.0 Å². The first kappa shape index (κ1) is 25.0. The molecule has 1 aromatic heterocycles. The quantitative estimate of drug-likeness (QED) is 0.705. The number of aromatic nitrogens is 1. The zero-order chi connectivity index (χ0) is 19.2. The summed E-state index contributed by atoms with van der Waals surface area (Å²) in [5.41, 5.74) is 7.74. The molecule has 1 saturated heterocycles. The molecular weight excluding hydrogens is 417 g/mol. The number of rotatable bonds is 6. The summed E-state index contributed by atoms with van der Waals surface area (Å²) in [6.07, 6.45) is 3.15. The number of pyridine rings is 1. The molecule has 0 aliphatic carbocycles. The van der Waals surface area contributed by atoms with Crippen LogP contribution in [0.2, 0.25) is 0 Å². The van der Waals surface area contributed by atoms with E-state index in [-0.39, 0.29) is 36.6 Å². The lowest BCUT2D eigenvalue weighted by Gasteiger charge is -2.26. The molecule has 1 atom stereocenters. The van der Waals surface area contributed by atoms with Crippen molar-refractivity contribution in [3.05, 3.63) is 42.1 Å². The lowest BCUT2D eigenvalue weighted by Crippen LogP contribution is -2.44. The summed E-state index contributed by atoms with van der Waals surface area (Å²) in [4.78, 5) is 16.6. The molecule has 1 aromatic carbocycles. The normalized spacial score (nSPS) is 14.7. The molecule has 3 rings (SSSR count). The predicted molar refractivity (Wildman–Crippen MR) is 117 cm³/mol. The second kappa shape index (κ2) is 11.8. The second-order valence-corrected chi connectivity index (χ2v) is 6.61. The summed E-state index contributed by atoms with van der Waals surface area (Å²) in [5, 5.41) is 2.81. The fourth-order valence-corrected chi connectivity index (χ4v) is 3.00. The highest BCUT2D eigenvalue weighted by atomic mass is 35.5. The van der Waals surface area contributed by atoms with Crippen LogP contribution in [0, 0.1) is 12.8 Å². The number of benzene rings is 1. The van der Waals surface area contributed by atoms with Gasteiger partial charge in [-0.1, -0.05) is 6.07 Å². The van der Waals surface area contributed by atoms with Gasteiger partial charge >= 0.3 is 0 Å². The highest BCUT2D eigenvalue weighted by molar-refractivity contribution is 5.94. The van der Waals surface area contributed by atoms with E-state index in [0.29, 0.717) is 36.3 Å². The van der Waals surface area contributed by atoms with Gasteiger partial charge in [0.05, 0.1) is 25.0 Å². The van der Waals surface area contributed by atoms with E-state index in [2.05, 4.69) is 10.3 Å². The number of halogens is 2. The summed E-state index contributed by atoms with van der Waals surface area (Å²) in [7, 11) is 1.59. The Bertz CT molecular complexity index is 784. The Labute approximate surface area is 183 Å². The van der Waals surface area contributed by atoms with Crippen LogP contribution in [0.15, 0.2) is 36.5 Å². The Morgan fingerprint density at radius 1 is 1.21 bits per heavy atom. The maximum atomic E-state index is 12.4. The van der Waals surface area contributed by atoms with Gasteiger partial charge in [0.15, 0.2) is 11.5 Å². The van der Waals surface area contributed by atoms with Crippen LogP contribution in [-0.4, -0.2) is 37.3 Å². The largest absolute Gasteiger partial charge is 0.493 e. The Kier molecular flexibility index (Phi) is 10.2. The Morgan fingerprint density at radius 3 is 2.55 bits per heavy atom. The number of ether oxygens (including phenoxy) is 3. The van der Waals surface area contributed by atoms with Gasteiger partial charge in [-0.3, -0.25) is 4.79 Å². The molecular formula is C20H27Cl2N3O4. The smallest absolute Gasteiger partial charge is 0.241 e. The van der Waals surface area contributed by atoms with Gasteiger partial charge in [-0.2, -0.15) is 0 Å². The zero-order valence-corrected chi connectivity index (χ0v) is 18.1. The van der Waals surface area contributed by atoms with E-state index in [1.54, 1.807) is 25.4 Å². The summed E-state index contributed by atoms with van der Waals surface area (Å²) in [5.74, 6) is 1.55. The van der Waals surface area contributed by atoms with Crippen molar-refractivity contribution in [1.29, 1.82) is 0 Å². The number of hydrogen-bond donors (Lipinski definition) is 2. The molecule has 7 nitrogen and oxygen atoms in total. The second-order valence-electron chi connectivity index (χ2n) is 6.61. The van der Waals surface area contributed by atoms with Gasteiger partial charge in [0.1, 0.15) is 0 Å². The molecule has 29 heavy (non-hydrogen) atoms. The van der Waals surface area contributed by atoms with Crippen molar-refractivity contribution in [2.24, 2.45) is 11.7 Å². The van der Waals surface area contributed by atoms with E-state index in [1.165, 1.54) is 0 Å². The average Bonchev–Trinajstić information content (AvgIpc) is 2.70. The maximum absolute atomic E-state index is 12.4. The molecule has 3 N–H and O–H groups in total. The van der Waals surface area contributed by atoms with Crippen LogP contribution in [0.1, 0.15) is 18.4 Å². The van der Waals surface area contributed by atoms with Crippen LogP contribution in [0.4, 0.5) is 5.69 Å². The number of amides is 1. The van der Waals surface area contributed by atoms with Crippen molar-refractivity contribution in [2.75, 3.05) is 25.6 Å². The average molecular weight is 444 g/mol. The number of methoxy groups -OCH3 is 1. The van der Waals surface area contributed by atoms with E-state index >= 15 is 0 Å². The number of aryl methyl sites for hydroxylation is 1. The van der Waals surface area contributed by atoms with Gasteiger partial charge in [-0.15, -0.1) is 24.8 Å². The number of anilines is 1. The fraction of sp³-hybridized carbons (Fsp3) is 0.400. The highest BCUT2D eigenvalue weighted by Gasteiger charge is 2.26. The van der Waals surface area contributed by atoms with Crippen molar-refractivity contribution in [3.63, 3.8) is 0 Å². The minimum Gasteiger partial charge on any atom is -0.493 e. The van der Waals surface area contributed by atoms with Crippen LogP contribution < -0.4 is 20.5 Å². The molecule has 0 saturated carbocycles. The van der Waals surface area contributed by atoms with E-state index < -0.39 is 6.04 Å². The molecule has 1 unspecified atom stereocenters. The van der Waals surface area contributed by atoms with E-state index in [4.69, 9.17) is 19.9 Å². The van der Waals surface area contributed by atoms with Crippen molar-refractivity contribution >= 4 is 36.4 Å². The number of nitrogens with zero attached hydrogens (tertiary/aromatic N) is 1. The molecule has 9 heteroatoms. The van der Waals surface area contributed by atoms with Gasteiger partial charge in [0.2, 0.25) is 11.8 Å². The third-order valence-electron chi connectivity index (χ3n) is 4.61. The van der Waals surface area contributed by atoms with Gasteiger partial charge in [0.25, 0.3) is 0 Å². The zero-order valence-electron chi connectivity index (χ0n) is 16.4. The highest BCUT2D eigenvalue weighted by Crippen LogP contribution is 2.31. The lowest BCUT2D eigenvalue weighted by atomic mass is 9.92. The summed E-state index contributed by atoms with van der Waals surface area (Å²) >= 11 is 0. The first-order chi connectivity index (χ1) is 13.1. The van der Waals surface area contributed by atoms with Gasteiger partial charge in [0, 0.05) is 19.3 Å². The SMILES string of the molecule is COc1cc(C)ccc1Oc1ccc(NC(=O)C(N)C2CCOCC2)cn1.Cl.Cl. The van der Waals surface area contributed by atoms with Crippen LogP contribution in [0.3, 0.4) is 0 Å². The summed E-state index contributed by atoms with van der Waals surface area (Å²) in [6, 6.07) is 8.53. The number of carbonyl (C=O) groups is 1. The van der Waals surface area contributed by atoms with Crippen LogP contribution >= 0.6 is 24.8 Å². The minimum absolute atomic E-state index is 0. The van der Waals surface area contributed by atoms with Gasteiger partial charge < -0.3 is 25.3 Å². The predicted octanol–water partition coefficient (Wildman–Crippen LogP) is 3.73. The van der Waals surface area contributed by atoms with Gasteiger partial charge in [-0.25, -0.2) is 4.98 Å². The first-order valence-corrected chi connectivity index (χ1v) is 8.99. The Hall–Kier alpha value is -2.06. The minimum atomic E-state index is -0.554. The van der Waals surface area contributed by atoms with E-state index in [9.17, 15) is 4.79 Å². The number of nitrogens with two attached hydrogens (primary N) is 1. The van der Waals surface area contributed by atoms with Crippen molar-refractivity contribution in [1.82, 2.24) is 4.98 Å². The maximum Gasteiger partial charge on any atom is 0.241 e. The molecule has 1 aliphatic heterocycles. The topological polar surface area (TPSA) is 95.7 Å². The Balaban J connectivity index is 0.00000210. The molecule has 160 valence electrons. The lowest BCUT2D eigenvalue weighted by molar-refractivity contribution is -0.119. The number of nitrogens with one attached hydrogen (secondary N) is 1. The third kappa shape index (κ3) is 6.75. The van der Waals surface area contributed by atoms with Crippen LogP contribution in [0.25, 0.3) is 0 Å². The van der Waals surface area contributed by atoms with Crippen LogP contribution in [-0.2, 0) is 9.53 Å². The molecule has 1 aliphatic rings. The Morgan fingerprint density at radius 2 is 1.93 bits per heavy atom. The molecule has 2 heterocycles. The molecule has 1 fully saturated rings. The van der Waals surface area contributed by atoms with Crippen molar-refractivity contribution in [3.8, 4) is 17.4 Å². The third-order valence-corrected chi connectivity index (χ3v) is 4.61. The monoisotopic (exact) mass is 443 g/mol. The molecule has 0 radical (unpaired) electrons.